The zero-order valence-corrected chi connectivity index (χ0v) is 14.3. The van der Waals surface area contributed by atoms with Crippen molar-refractivity contribution in [2.75, 3.05) is 11.9 Å². The summed E-state index contributed by atoms with van der Waals surface area (Å²) in [4.78, 5) is 28.3. The van der Waals surface area contributed by atoms with Crippen LogP contribution in [0.4, 0.5) is 5.69 Å². The molecule has 1 aromatic carbocycles. The lowest BCUT2D eigenvalue weighted by Gasteiger charge is -2.09. The van der Waals surface area contributed by atoms with Gasteiger partial charge in [-0.1, -0.05) is 32.9 Å². The first kappa shape index (κ1) is 17.7. The molecule has 0 aliphatic rings. The molecule has 0 saturated carbocycles. The van der Waals surface area contributed by atoms with Gasteiger partial charge >= 0.3 is 0 Å². The monoisotopic (exact) mass is 325 g/mol. The molecule has 5 heteroatoms. The Hall–Kier alpha value is -2.69. The van der Waals surface area contributed by atoms with Gasteiger partial charge in [0.25, 0.3) is 11.8 Å². The Bertz CT molecular complexity index is 709. The maximum absolute atomic E-state index is 12.3. The van der Waals surface area contributed by atoms with Crippen molar-refractivity contribution in [1.29, 1.82) is 0 Å². The topological polar surface area (TPSA) is 71.1 Å². The summed E-state index contributed by atoms with van der Waals surface area (Å²) in [5.74, 6) is -0.0671. The molecule has 0 fully saturated rings. The number of hydrogen-bond donors (Lipinski definition) is 2. The van der Waals surface area contributed by atoms with Gasteiger partial charge in [-0.05, 0) is 36.1 Å². The minimum absolute atomic E-state index is 0.222. The van der Waals surface area contributed by atoms with Crippen molar-refractivity contribution in [3.05, 3.63) is 59.4 Å². The fraction of sp³-hybridized carbons (Fsp3) is 0.316. The summed E-state index contributed by atoms with van der Waals surface area (Å²) in [6.07, 6.45) is 3.76. The van der Waals surface area contributed by atoms with E-state index in [9.17, 15) is 9.59 Å². The summed E-state index contributed by atoms with van der Waals surface area (Å²) < 4.78 is 0. The Morgan fingerprint density at radius 2 is 1.67 bits per heavy atom. The fourth-order valence-electron chi connectivity index (χ4n) is 2.18. The standard InChI is InChI=1S/C19H23N3O2/c1-4-9-21-18(23)15-10-16(12-20-11-15)19(24)22-17-7-5-14(6-8-17)13(2)3/h5-8,10-13H,4,9H2,1-3H3,(H,21,23)(H,22,24). The number of pyridine rings is 1. The van der Waals surface area contributed by atoms with Crippen LogP contribution < -0.4 is 10.6 Å². The highest BCUT2D eigenvalue weighted by atomic mass is 16.2. The molecule has 0 saturated heterocycles. The third kappa shape index (κ3) is 4.65. The second-order valence-electron chi connectivity index (χ2n) is 5.95. The molecule has 2 aromatic rings. The van der Waals surface area contributed by atoms with Crippen molar-refractivity contribution in [3.63, 3.8) is 0 Å². The number of benzene rings is 1. The molecule has 0 spiro atoms. The lowest BCUT2D eigenvalue weighted by Crippen LogP contribution is -2.24. The SMILES string of the molecule is CCCNC(=O)c1cncc(C(=O)Nc2ccc(C(C)C)cc2)c1. The van der Waals surface area contributed by atoms with E-state index in [0.29, 0.717) is 29.3 Å². The molecular formula is C19H23N3O2. The summed E-state index contributed by atoms with van der Waals surface area (Å²) in [6, 6.07) is 9.28. The van der Waals surface area contributed by atoms with Gasteiger partial charge in [-0.2, -0.15) is 0 Å². The zero-order valence-electron chi connectivity index (χ0n) is 14.3. The van der Waals surface area contributed by atoms with Crippen molar-refractivity contribution in [1.82, 2.24) is 10.3 Å². The van der Waals surface area contributed by atoms with E-state index in [2.05, 4.69) is 29.5 Å². The Morgan fingerprint density at radius 1 is 1.04 bits per heavy atom. The molecule has 0 aliphatic heterocycles. The van der Waals surface area contributed by atoms with Crippen LogP contribution in [0.1, 0.15) is 59.4 Å². The predicted molar refractivity (Wildman–Crippen MR) is 95.3 cm³/mol. The van der Waals surface area contributed by atoms with Gasteiger partial charge in [0.1, 0.15) is 0 Å². The van der Waals surface area contributed by atoms with Gasteiger partial charge < -0.3 is 10.6 Å². The zero-order chi connectivity index (χ0) is 17.5. The van der Waals surface area contributed by atoms with Crippen molar-refractivity contribution in [3.8, 4) is 0 Å². The smallest absolute Gasteiger partial charge is 0.257 e. The van der Waals surface area contributed by atoms with E-state index >= 15 is 0 Å². The summed E-state index contributed by atoms with van der Waals surface area (Å²) >= 11 is 0. The summed E-state index contributed by atoms with van der Waals surface area (Å²) in [5, 5.41) is 5.59. The number of carbonyl (C=O) groups excluding carboxylic acids is 2. The number of nitrogens with zero attached hydrogens (tertiary/aromatic N) is 1. The molecule has 2 rings (SSSR count). The molecule has 24 heavy (non-hydrogen) atoms. The van der Waals surface area contributed by atoms with Gasteiger partial charge in [-0.3, -0.25) is 14.6 Å². The van der Waals surface area contributed by atoms with E-state index in [-0.39, 0.29) is 11.8 Å². The van der Waals surface area contributed by atoms with Crippen molar-refractivity contribution in [2.24, 2.45) is 0 Å². The van der Waals surface area contributed by atoms with Crippen molar-refractivity contribution in [2.45, 2.75) is 33.1 Å². The van der Waals surface area contributed by atoms with Crippen LogP contribution in [0.3, 0.4) is 0 Å². The van der Waals surface area contributed by atoms with Gasteiger partial charge in [0.2, 0.25) is 0 Å². The van der Waals surface area contributed by atoms with Gasteiger partial charge in [0, 0.05) is 24.6 Å². The van der Waals surface area contributed by atoms with Crippen LogP contribution in [0.2, 0.25) is 0 Å². The molecular weight excluding hydrogens is 302 g/mol. The van der Waals surface area contributed by atoms with Gasteiger partial charge in [-0.25, -0.2) is 0 Å². The molecule has 1 aromatic heterocycles. The lowest BCUT2D eigenvalue weighted by atomic mass is 10.0. The van der Waals surface area contributed by atoms with Crippen LogP contribution in [-0.2, 0) is 0 Å². The molecule has 0 radical (unpaired) electrons. The van der Waals surface area contributed by atoms with Crippen LogP contribution in [0.5, 0.6) is 0 Å². The largest absolute Gasteiger partial charge is 0.352 e. The van der Waals surface area contributed by atoms with Gasteiger partial charge in [0.05, 0.1) is 11.1 Å². The molecule has 5 nitrogen and oxygen atoms in total. The van der Waals surface area contributed by atoms with E-state index < -0.39 is 0 Å². The van der Waals surface area contributed by atoms with Gasteiger partial charge in [-0.15, -0.1) is 0 Å². The summed E-state index contributed by atoms with van der Waals surface area (Å²) in [7, 11) is 0. The van der Waals surface area contributed by atoms with Crippen LogP contribution >= 0.6 is 0 Å². The highest BCUT2D eigenvalue weighted by Gasteiger charge is 2.11. The Balaban J connectivity index is 2.08. The maximum atomic E-state index is 12.3. The Morgan fingerprint density at radius 3 is 2.25 bits per heavy atom. The summed E-state index contributed by atoms with van der Waals surface area (Å²) in [5.41, 5.74) is 2.66. The second kappa shape index (κ2) is 8.24. The number of anilines is 1. The van der Waals surface area contributed by atoms with Gasteiger partial charge in [0.15, 0.2) is 0 Å². The molecule has 126 valence electrons. The Labute approximate surface area is 142 Å². The lowest BCUT2D eigenvalue weighted by molar-refractivity contribution is 0.0953. The highest BCUT2D eigenvalue weighted by Crippen LogP contribution is 2.17. The third-order valence-corrected chi connectivity index (χ3v) is 3.63. The Kier molecular flexibility index (Phi) is 6.07. The van der Waals surface area contributed by atoms with Crippen molar-refractivity contribution < 1.29 is 9.59 Å². The summed E-state index contributed by atoms with van der Waals surface area (Å²) in [6.45, 7) is 6.81. The van der Waals surface area contributed by atoms with Crippen molar-refractivity contribution >= 4 is 17.5 Å². The van der Waals surface area contributed by atoms with Crippen LogP contribution in [0.25, 0.3) is 0 Å². The number of amides is 2. The molecule has 0 aliphatic carbocycles. The first-order chi connectivity index (χ1) is 11.5. The van der Waals surface area contributed by atoms with E-state index in [1.54, 1.807) is 6.07 Å². The third-order valence-electron chi connectivity index (χ3n) is 3.63. The van der Waals surface area contributed by atoms with E-state index in [4.69, 9.17) is 0 Å². The van der Waals surface area contributed by atoms with Crippen LogP contribution in [0.15, 0.2) is 42.7 Å². The minimum Gasteiger partial charge on any atom is -0.352 e. The van der Waals surface area contributed by atoms with Crippen LogP contribution in [-0.4, -0.2) is 23.3 Å². The maximum Gasteiger partial charge on any atom is 0.257 e. The average molecular weight is 325 g/mol. The number of aromatic nitrogens is 1. The van der Waals surface area contributed by atoms with E-state index in [0.717, 1.165) is 6.42 Å². The molecule has 2 amide bonds. The number of nitrogens with one attached hydrogen (secondary N) is 2. The van der Waals surface area contributed by atoms with E-state index in [1.807, 2.05) is 31.2 Å². The molecule has 0 atom stereocenters. The molecule has 0 unspecified atom stereocenters. The number of rotatable bonds is 6. The molecule has 2 N–H and O–H groups in total. The highest BCUT2D eigenvalue weighted by molar-refractivity contribution is 6.05. The number of carbonyl (C=O) groups is 2. The quantitative estimate of drug-likeness (QED) is 0.852. The fourth-order valence-corrected chi connectivity index (χ4v) is 2.18. The number of hydrogen-bond acceptors (Lipinski definition) is 3. The second-order valence-corrected chi connectivity index (χ2v) is 5.95. The first-order valence-corrected chi connectivity index (χ1v) is 8.15. The molecule has 0 bridgehead atoms. The first-order valence-electron chi connectivity index (χ1n) is 8.15. The predicted octanol–water partition coefficient (Wildman–Crippen LogP) is 3.60. The normalized spacial score (nSPS) is 10.5. The minimum atomic E-state index is -0.287. The van der Waals surface area contributed by atoms with E-state index in [1.165, 1.54) is 18.0 Å². The average Bonchev–Trinajstić information content (AvgIpc) is 2.60. The molecule has 1 heterocycles. The van der Waals surface area contributed by atoms with Crippen LogP contribution in [0, 0.1) is 0 Å².